The van der Waals surface area contributed by atoms with Crippen molar-refractivity contribution in [2.24, 2.45) is 0 Å². The molecule has 1 fully saturated rings. The lowest BCUT2D eigenvalue weighted by Gasteiger charge is -2.17. The van der Waals surface area contributed by atoms with Crippen LogP contribution in [0.4, 0.5) is 0 Å². The highest BCUT2D eigenvalue weighted by Crippen LogP contribution is 2.48. The minimum atomic E-state index is -0.365. The molecule has 1 aliphatic heterocycles. The van der Waals surface area contributed by atoms with Crippen molar-refractivity contribution in [2.75, 3.05) is 13.2 Å². The molecule has 4 rings (SSSR count). The molecule has 25 heavy (non-hydrogen) atoms. The number of hydrogen-bond donors (Lipinski definition) is 1. The van der Waals surface area contributed by atoms with Gasteiger partial charge in [0.2, 0.25) is 5.91 Å². The molecule has 0 aromatic heterocycles. The first-order chi connectivity index (χ1) is 12.2. The van der Waals surface area contributed by atoms with Gasteiger partial charge in [-0.25, -0.2) is 0 Å². The van der Waals surface area contributed by atoms with Crippen molar-refractivity contribution in [2.45, 2.75) is 31.2 Å². The van der Waals surface area contributed by atoms with E-state index in [1.165, 1.54) is 0 Å². The molecule has 0 spiro atoms. The maximum atomic E-state index is 12.7. The summed E-state index contributed by atoms with van der Waals surface area (Å²) >= 11 is 6.32. The first-order valence-electron chi connectivity index (χ1n) is 8.61. The van der Waals surface area contributed by atoms with Crippen LogP contribution in [-0.2, 0) is 16.8 Å². The van der Waals surface area contributed by atoms with Crippen LogP contribution in [0.5, 0.6) is 11.5 Å². The molecule has 5 heteroatoms. The van der Waals surface area contributed by atoms with Crippen LogP contribution in [0.25, 0.3) is 0 Å². The highest BCUT2D eigenvalue weighted by Gasteiger charge is 2.50. The fourth-order valence-electron chi connectivity index (χ4n) is 3.27. The number of benzene rings is 2. The Morgan fingerprint density at radius 3 is 2.64 bits per heavy atom. The summed E-state index contributed by atoms with van der Waals surface area (Å²) in [5.74, 6) is 1.32. The van der Waals surface area contributed by atoms with Crippen LogP contribution in [0, 0.1) is 0 Å². The Bertz CT molecular complexity index is 787. The number of ether oxygens (including phenoxy) is 2. The van der Waals surface area contributed by atoms with E-state index in [4.69, 9.17) is 21.1 Å². The molecule has 0 unspecified atom stereocenters. The van der Waals surface area contributed by atoms with Gasteiger partial charge < -0.3 is 14.8 Å². The Labute approximate surface area is 152 Å². The predicted octanol–water partition coefficient (Wildman–Crippen LogP) is 3.85. The summed E-state index contributed by atoms with van der Waals surface area (Å²) in [6.07, 6.45) is 2.62. The summed E-state index contributed by atoms with van der Waals surface area (Å²) in [5.41, 5.74) is 1.63. The summed E-state index contributed by atoms with van der Waals surface area (Å²) in [6, 6.07) is 13.7. The second-order valence-electron chi connectivity index (χ2n) is 6.59. The zero-order valence-electron chi connectivity index (χ0n) is 13.9. The van der Waals surface area contributed by atoms with Crippen molar-refractivity contribution in [3.05, 3.63) is 58.6 Å². The minimum absolute atomic E-state index is 0.0712. The Balaban J connectivity index is 1.48. The van der Waals surface area contributed by atoms with Crippen LogP contribution < -0.4 is 14.8 Å². The molecule has 0 saturated heterocycles. The molecule has 4 nitrogen and oxygen atoms in total. The van der Waals surface area contributed by atoms with Crippen molar-refractivity contribution in [3.8, 4) is 11.5 Å². The van der Waals surface area contributed by atoms with E-state index in [1.54, 1.807) is 0 Å². The number of amides is 1. The SMILES string of the molecule is O=C(NCc1cc(Cl)c2c(c1)OCCCO2)C1(c2ccccc2)CC1. The van der Waals surface area contributed by atoms with Crippen LogP contribution >= 0.6 is 11.6 Å². The van der Waals surface area contributed by atoms with E-state index in [9.17, 15) is 4.79 Å². The second-order valence-corrected chi connectivity index (χ2v) is 6.99. The van der Waals surface area contributed by atoms with Gasteiger partial charge in [-0.1, -0.05) is 41.9 Å². The lowest BCUT2D eigenvalue weighted by Crippen LogP contribution is -2.34. The zero-order chi connectivity index (χ0) is 17.3. The molecule has 1 heterocycles. The molecular formula is C20H20ClNO3. The van der Waals surface area contributed by atoms with Crippen LogP contribution in [0.1, 0.15) is 30.4 Å². The molecule has 1 aliphatic carbocycles. The summed E-state index contributed by atoms with van der Waals surface area (Å²) in [6.45, 7) is 1.63. The van der Waals surface area contributed by atoms with Gasteiger partial charge in [0.25, 0.3) is 0 Å². The first-order valence-corrected chi connectivity index (χ1v) is 8.99. The van der Waals surface area contributed by atoms with Gasteiger partial charge in [0.05, 0.1) is 23.7 Å². The van der Waals surface area contributed by atoms with Crippen LogP contribution in [0.15, 0.2) is 42.5 Å². The standard InChI is InChI=1S/C20H20ClNO3/c21-16-11-14(12-17-18(16)25-10-4-9-24-17)13-22-19(23)20(7-8-20)15-5-2-1-3-6-15/h1-3,5-6,11-12H,4,7-10,13H2,(H,22,23). The average Bonchev–Trinajstić information content (AvgIpc) is 3.45. The third kappa shape index (κ3) is 3.19. The van der Waals surface area contributed by atoms with E-state index in [0.29, 0.717) is 36.3 Å². The van der Waals surface area contributed by atoms with Crippen molar-refractivity contribution >= 4 is 17.5 Å². The summed E-state index contributed by atoms with van der Waals surface area (Å²) in [7, 11) is 0. The van der Waals surface area contributed by atoms with E-state index in [1.807, 2.05) is 42.5 Å². The molecule has 0 radical (unpaired) electrons. The van der Waals surface area contributed by atoms with E-state index in [0.717, 1.165) is 30.4 Å². The lowest BCUT2D eigenvalue weighted by molar-refractivity contribution is -0.123. The topological polar surface area (TPSA) is 47.6 Å². The normalized spacial score (nSPS) is 17.5. The lowest BCUT2D eigenvalue weighted by atomic mass is 9.95. The van der Waals surface area contributed by atoms with Crippen LogP contribution in [0.3, 0.4) is 0 Å². The van der Waals surface area contributed by atoms with Crippen LogP contribution in [0.2, 0.25) is 5.02 Å². The smallest absolute Gasteiger partial charge is 0.230 e. The van der Waals surface area contributed by atoms with Crippen molar-refractivity contribution < 1.29 is 14.3 Å². The third-order valence-corrected chi connectivity index (χ3v) is 5.11. The van der Waals surface area contributed by atoms with Gasteiger partial charge in [0.15, 0.2) is 11.5 Å². The summed E-state index contributed by atoms with van der Waals surface area (Å²) in [4.78, 5) is 12.7. The Kier molecular flexibility index (Phi) is 4.30. The van der Waals surface area contributed by atoms with Crippen molar-refractivity contribution in [3.63, 3.8) is 0 Å². The van der Waals surface area contributed by atoms with Gasteiger partial charge in [-0.2, -0.15) is 0 Å². The Hall–Kier alpha value is -2.20. The van der Waals surface area contributed by atoms with Gasteiger partial charge in [-0.05, 0) is 36.1 Å². The highest BCUT2D eigenvalue weighted by molar-refractivity contribution is 6.32. The average molecular weight is 358 g/mol. The van der Waals surface area contributed by atoms with Gasteiger partial charge in [-0.3, -0.25) is 4.79 Å². The number of rotatable bonds is 4. The number of halogens is 1. The molecule has 1 amide bonds. The second kappa shape index (κ2) is 6.60. The molecule has 2 aromatic carbocycles. The Morgan fingerprint density at radius 1 is 1.12 bits per heavy atom. The fraction of sp³-hybridized carbons (Fsp3) is 0.350. The first kappa shape index (κ1) is 16.3. The summed E-state index contributed by atoms with van der Waals surface area (Å²) < 4.78 is 11.3. The quantitative estimate of drug-likeness (QED) is 0.904. The molecule has 130 valence electrons. The summed E-state index contributed by atoms with van der Waals surface area (Å²) in [5, 5.41) is 3.58. The monoisotopic (exact) mass is 357 g/mol. The number of carbonyl (C=O) groups excluding carboxylic acids is 1. The minimum Gasteiger partial charge on any atom is -0.489 e. The molecule has 2 aromatic rings. The van der Waals surface area contributed by atoms with Gasteiger partial charge >= 0.3 is 0 Å². The highest BCUT2D eigenvalue weighted by atomic mass is 35.5. The fourth-order valence-corrected chi connectivity index (χ4v) is 3.55. The van der Waals surface area contributed by atoms with Gasteiger partial charge in [0, 0.05) is 13.0 Å². The number of fused-ring (bicyclic) bond motifs is 1. The van der Waals surface area contributed by atoms with E-state index < -0.39 is 0 Å². The molecule has 1 N–H and O–H groups in total. The number of carbonyl (C=O) groups is 1. The molecule has 0 bridgehead atoms. The van der Waals surface area contributed by atoms with Gasteiger partial charge in [-0.15, -0.1) is 0 Å². The largest absolute Gasteiger partial charge is 0.489 e. The number of hydrogen-bond acceptors (Lipinski definition) is 3. The maximum absolute atomic E-state index is 12.7. The van der Waals surface area contributed by atoms with E-state index in [-0.39, 0.29) is 11.3 Å². The van der Waals surface area contributed by atoms with Gasteiger partial charge in [0.1, 0.15) is 0 Å². The van der Waals surface area contributed by atoms with Crippen LogP contribution in [-0.4, -0.2) is 19.1 Å². The van der Waals surface area contributed by atoms with Crippen molar-refractivity contribution in [1.29, 1.82) is 0 Å². The third-order valence-electron chi connectivity index (χ3n) is 4.83. The Morgan fingerprint density at radius 2 is 1.88 bits per heavy atom. The molecule has 1 saturated carbocycles. The predicted molar refractivity (Wildman–Crippen MR) is 96.3 cm³/mol. The molecular weight excluding hydrogens is 338 g/mol. The molecule has 2 aliphatic rings. The van der Waals surface area contributed by atoms with E-state index >= 15 is 0 Å². The van der Waals surface area contributed by atoms with Crippen molar-refractivity contribution in [1.82, 2.24) is 5.32 Å². The van der Waals surface area contributed by atoms with E-state index in [2.05, 4.69) is 5.32 Å². The molecule has 0 atom stereocenters. The number of nitrogens with one attached hydrogen (secondary N) is 1. The zero-order valence-corrected chi connectivity index (χ0v) is 14.6. The maximum Gasteiger partial charge on any atom is 0.230 e.